The molecular formula is C13H15BrN2O2S. The number of amides is 1. The Hall–Kier alpha value is -1.19. The summed E-state index contributed by atoms with van der Waals surface area (Å²) in [7, 11) is 0.475. The topological polar surface area (TPSA) is 61.2 Å². The third kappa shape index (κ3) is 5.53. The Kier molecular flexibility index (Phi) is 6.74. The van der Waals surface area contributed by atoms with Crippen LogP contribution in [0.15, 0.2) is 33.6 Å². The number of nitrogens with zero attached hydrogens (tertiary/aromatic N) is 2. The maximum atomic E-state index is 12.0. The van der Waals surface area contributed by atoms with E-state index in [2.05, 4.69) is 15.9 Å². The smallest absolute Gasteiger partial charge is 0.223 e. The summed E-state index contributed by atoms with van der Waals surface area (Å²) >= 11 is 3.32. The number of rotatable bonds is 6. The molecular weight excluding hydrogens is 328 g/mol. The van der Waals surface area contributed by atoms with Gasteiger partial charge in [0.15, 0.2) is 0 Å². The number of nitriles is 1. The fourth-order valence-corrected chi connectivity index (χ4v) is 3.07. The molecule has 0 fully saturated rings. The third-order valence-electron chi connectivity index (χ3n) is 2.55. The van der Waals surface area contributed by atoms with E-state index in [1.54, 1.807) is 19.2 Å². The highest BCUT2D eigenvalue weighted by molar-refractivity contribution is 9.10. The van der Waals surface area contributed by atoms with E-state index in [1.165, 1.54) is 4.90 Å². The lowest BCUT2D eigenvalue weighted by molar-refractivity contribution is -0.129. The van der Waals surface area contributed by atoms with Crippen LogP contribution in [0.5, 0.6) is 0 Å². The molecule has 1 rings (SSSR count). The number of carbonyl (C=O) groups excluding carboxylic acids is 1. The predicted octanol–water partition coefficient (Wildman–Crippen LogP) is 2.32. The molecule has 0 aliphatic rings. The highest BCUT2D eigenvalue weighted by Gasteiger charge is 2.11. The van der Waals surface area contributed by atoms with E-state index in [9.17, 15) is 9.00 Å². The fourth-order valence-electron chi connectivity index (χ4n) is 1.44. The highest BCUT2D eigenvalue weighted by Crippen LogP contribution is 2.15. The fraction of sp³-hybridized carbons (Fsp3) is 0.385. The van der Waals surface area contributed by atoms with E-state index < -0.39 is 10.8 Å². The monoisotopic (exact) mass is 342 g/mol. The van der Waals surface area contributed by atoms with E-state index in [4.69, 9.17) is 5.26 Å². The average molecular weight is 343 g/mol. The zero-order valence-electron chi connectivity index (χ0n) is 10.6. The van der Waals surface area contributed by atoms with Crippen LogP contribution in [0, 0.1) is 11.3 Å². The molecule has 0 bridgehead atoms. The van der Waals surface area contributed by atoms with Crippen molar-refractivity contribution in [1.29, 1.82) is 5.26 Å². The second-order valence-corrected chi connectivity index (χ2v) is 6.47. The van der Waals surface area contributed by atoms with Crippen LogP contribution in [-0.2, 0) is 15.6 Å². The van der Waals surface area contributed by atoms with Crippen molar-refractivity contribution in [2.45, 2.75) is 17.7 Å². The van der Waals surface area contributed by atoms with Crippen molar-refractivity contribution < 1.29 is 9.00 Å². The van der Waals surface area contributed by atoms with Gasteiger partial charge in [-0.05, 0) is 18.2 Å². The maximum Gasteiger partial charge on any atom is 0.223 e. The van der Waals surface area contributed by atoms with Crippen LogP contribution < -0.4 is 0 Å². The van der Waals surface area contributed by atoms with Crippen LogP contribution in [0.25, 0.3) is 0 Å². The Morgan fingerprint density at radius 3 is 2.89 bits per heavy atom. The van der Waals surface area contributed by atoms with Gasteiger partial charge < -0.3 is 4.90 Å². The van der Waals surface area contributed by atoms with Crippen molar-refractivity contribution in [3.05, 3.63) is 28.7 Å². The molecule has 0 radical (unpaired) electrons. The lowest BCUT2D eigenvalue weighted by Gasteiger charge is -2.15. The van der Waals surface area contributed by atoms with Gasteiger partial charge in [0, 0.05) is 35.1 Å². The Balaban J connectivity index is 2.46. The van der Waals surface area contributed by atoms with Gasteiger partial charge >= 0.3 is 0 Å². The van der Waals surface area contributed by atoms with Crippen LogP contribution in [0.4, 0.5) is 0 Å². The number of hydrogen-bond acceptors (Lipinski definition) is 3. The number of carbonyl (C=O) groups is 1. The van der Waals surface area contributed by atoms with Crippen LogP contribution in [0.2, 0.25) is 0 Å². The first-order valence-electron chi connectivity index (χ1n) is 5.79. The second-order valence-electron chi connectivity index (χ2n) is 3.98. The van der Waals surface area contributed by atoms with Gasteiger partial charge in [0.2, 0.25) is 5.91 Å². The van der Waals surface area contributed by atoms with Gasteiger partial charge in [0.1, 0.15) is 0 Å². The highest BCUT2D eigenvalue weighted by atomic mass is 79.9. The molecule has 102 valence electrons. The molecule has 0 saturated heterocycles. The van der Waals surface area contributed by atoms with E-state index in [1.807, 2.05) is 18.2 Å². The van der Waals surface area contributed by atoms with Crippen molar-refractivity contribution in [3.63, 3.8) is 0 Å². The van der Waals surface area contributed by atoms with Crippen LogP contribution in [0.1, 0.15) is 12.8 Å². The zero-order valence-corrected chi connectivity index (χ0v) is 13.0. The number of halogens is 1. The Morgan fingerprint density at radius 2 is 2.26 bits per heavy atom. The van der Waals surface area contributed by atoms with E-state index in [0.29, 0.717) is 23.6 Å². The summed E-state index contributed by atoms with van der Waals surface area (Å²) in [5.74, 6) is 0.213. The molecule has 6 heteroatoms. The van der Waals surface area contributed by atoms with Gasteiger partial charge in [-0.15, -0.1) is 0 Å². The second kappa shape index (κ2) is 8.08. The SMILES string of the molecule is CN(CCC#N)C(=O)CCS(=O)c1cccc(Br)c1. The van der Waals surface area contributed by atoms with Crippen molar-refractivity contribution in [3.8, 4) is 6.07 Å². The van der Waals surface area contributed by atoms with E-state index in [-0.39, 0.29) is 12.3 Å². The minimum absolute atomic E-state index is 0.0846. The van der Waals surface area contributed by atoms with Crippen LogP contribution in [0.3, 0.4) is 0 Å². The van der Waals surface area contributed by atoms with Gasteiger partial charge in [0.05, 0.1) is 23.3 Å². The first-order chi connectivity index (χ1) is 9.04. The van der Waals surface area contributed by atoms with Crippen LogP contribution in [-0.4, -0.2) is 34.4 Å². The summed E-state index contributed by atoms with van der Waals surface area (Å²) in [5, 5.41) is 8.45. The predicted molar refractivity (Wildman–Crippen MR) is 77.9 cm³/mol. The Bertz CT molecular complexity index is 514. The standard InChI is InChI=1S/C13H15BrN2O2S/c1-16(8-3-7-15)13(17)6-9-19(18)12-5-2-4-11(14)10-12/h2,4-5,10H,3,6,8-9H2,1H3. The van der Waals surface area contributed by atoms with Crippen molar-refractivity contribution in [1.82, 2.24) is 4.90 Å². The molecule has 1 atom stereocenters. The average Bonchev–Trinajstić information content (AvgIpc) is 2.41. The van der Waals surface area contributed by atoms with Crippen molar-refractivity contribution >= 4 is 32.6 Å². The van der Waals surface area contributed by atoms with E-state index in [0.717, 1.165) is 4.47 Å². The summed E-state index contributed by atoms with van der Waals surface area (Å²) in [6, 6.07) is 9.25. The molecule has 0 aliphatic heterocycles. The Morgan fingerprint density at radius 1 is 1.53 bits per heavy atom. The molecule has 4 nitrogen and oxygen atoms in total. The minimum atomic E-state index is -1.18. The Labute approximate surface area is 124 Å². The molecule has 1 amide bonds. The van der Waals surface area contributed by atoms with Crippen LogP contribution >= 0.6 is 15.9 Å². The first-order valence-corrected chi connectivity index (χ1v) is 7.90. The van der Waals surface area contributed by atoms with Gasteiger partial charge in [-0.25, -0.2) is 0 Å². The molecule has 0 aromatic heterocycles. The molecule has 1 unspecified atom stereocenters. The zero-order chi connectivity index (χ0) is 14.3. The van der Waals surface area contributed by atoms with Gasteiger partial charge in [0.25, 0.3) is 0 Å². The van der Waals surface area contributed by atoms with Gasteiger partial charge in [-0.3, -0.25) is 9.00 Å². The number of benzene rings is 1. The van der Waals surface area contributed by atoms with Gasteiger partial charge in [-0.1, -0.05) is 22.0 Å². The summed E-state index contributed by atoms with van der Waals surface area (Å²) in [6.45, 7) is 0.416. The molecule has 1 aromatic carbocycles. The molecule has 0 aliphatic carbocycles. The largest absolute Gasteiger partial charge is 0.345 e. The molecule has 1 aromatic rings. The summed E-state index contributed by atoms with van der Waals surface area (Å²) in [6.07, 6.45) is 0.540. The van der Waals surface area contributed by atoms with Gasteiger partial charge in [-0.2, -0.15) is 5.26 Å². The lowest BCUT2D eigenvalue weighted by atomic mass is 10.3. The normalized spacial score (nSPS) is 11.6. The first kappa shape index (κ1) is 15.9. The number of hydrogen-bond donors (Lipinski definition) is 0. The molecule has 0 heterocycles. The molecule has 0 saturated carbocycles. The quantitative estimate of drug-likeness (QED) is 0.796. The lowest BCUT2D eigenvalue weighted by Crippen LogP contribution is -2.28. The summed E-state index contributed by atoms with van der Waals surface area (Å²) in [5.41, 5.74) is 0. The van der Waals surface area contributed by atoms with Crippen molar-refractivity contribution in [2.24, 2.45) is 0 Å². The van der Waals surface area contributed by atoms with Crippen molar-refractivity contribution in [2.75, 3.05) is 19.3 Å². The third-order valence-corrected chi connectivity index (χ3v) is 4.39. The van der Waals surface area contributed by atoms with E-state index >= 15 is 0 Å². The molecule has 19 heavy (non-hydrogen) atoms. The summed E-state index contributed by atoms with van der Waals surface area (Å²) in [4.78, 5) is 13.9. The minimum Gasteiger partial charge on any atom is -0.345 e. The molecule has 0 spiro atoms. The summed E-state index contributed by atoms with van der Waals surface area (Å²) < 4.78 is 12.9. The molecule has 0 N–H and O–H groups in total. The maximum absolute atomic E-state index is 12.0.